The fourth-order valence-electron chi connectivity index (χ4n) is 4.92. The molecule has 12 nitrogen and oxygen atoms in total. The number of guanidine groups is 2. The first kappa shape index (κ1) is 37.1. The highest BCUT2D eigenvalue weighted by atomic mass is 32.1. The van der Waals surface area contributed by atoms with Crippen LogP contribution in [0, 0.1) is 0 Å². The van der Waals surface area contributed by atoms with Crippen LogP contribution in [-0.4, -0.2) is 33.8 Å². The standard InChI is InChI=1S/C40H36N8O4S2/c49-35(51-47-39(43-27-29-11-3-1-4-12-29)45-37-31(15-7-21-41-37)25-33-17-9-23-53-33)19-20-36(50)52-48-40(44-28-30-13-5-2-6-14-30)46-38-32(16-8-22-42-38)26-34-18-10-24-54-34/h1-24H,25-28H2,(H2,41,43,45,47)(H2,42,44,46,48)/b20-19-. The number of carbonyl (C=O) groups is 2. The molecule has 0 spiro atoms. The van der Waals surface area contributed by atoms with E-state index in [1.807, 2.05) is 108 Å². The topological polar surface area (TPSA) is 151 Å². The molecule has 0 aliphatic heterocycles. The average molecular weight is 757 g/mol. The van der Waals surface area contributed by atoms with Gasteiger partial charge in [-0.1, -0.05) is 84.9 Å². The van der Waals surface area contributed by atoms with Gasteiger partial charge in [0.1, 0.15) is 11.6 Å². The Morgan fingerprint density at radius 1 is 0.574 bits per heavy atom. The summed E-state index contributed by atoms with van der Waals surface area (Å²) in [6, 6.07) is 35.0. The van der Waals surface area contributed by atoms with E-state index in [1.54, 1.807) is 35.1 Å². The van der Waals surface area contributed by atoms with Gasteiger partial charge in [0.15, 0.2) is 0 Å². The lowest BCUT2D eigenvalue weighted by Crippen LogP contribution is -2.34. The van der Waals surface area contributed by atoms with E-state index in [0.29, 0.717) is 37.6 Å². The summed E-state index contributed by atoms with van der Waals surface area (Å²) in [6.45, 7) is 0.593. The smallest absolute Gasteiger partial charge is 0.336 e. The number of rotatable bonds is 12. The van der Waals surface area contributed by atoms with Crippen molar-refractivity contribution in [1.29, 1.82) is 0 Å². The molecule has 0 bridgehead atoms. The molecule has 0 fully saturated rings. The first-order valence-electron chi connectivity index (χ1n) is 16.8. The number of aromatic nitrogens is 2. The van der Waals surface area contributed by atoms with Crippen LogP contribution in [0.1, 0.15) is 32.0 Å². The van der Waals surface area contributed by atoms with Crippen LogP contribution in [0.25, 0.3) is 0 Å². The van der Waals surface area contributed by atoms with Crippen LogP contribution in [0.5, 0.6) is 0 Å². The predicted molar refractivity (Wildman–Crippen MR) is 213 cm³/mol. The maximum atomic E-state index is 12.7. The normalized spacial score (nSPS) is 11.6. The van der Waals surface area contributed by atoms with Crippen LogP contribution in [0.3, 0.4) is 0 Å². The Labute approximate surface area is 320 Å². The number of hydrogen-bond donors (Lipinski definition) is 4. The third-order valence-electron chi connectivity index (χ3n) is 7.52. The third kappa shape index (κ3) is 12.0. The summed E-state index contributed by atoms with van der Waals surface area (Å²) in [5.41, 5.74) is 8.91. The highest BCUT2D eigenvalue weighted by molar-refractivity contribution is 7.10. The van der Waals surface area contributed by atoms with E-state index < -0.39 is 11.9 Å². The molecular weight excluding hydrogens is 721 g/mol. The molecule has 2 aromatic carbocycles. The van der Waals surface area contributed by atoms with Gasteiger partial charge in [0, 0.05) is 58.3 Å². The molecule has 14 heteroatoms. The van der Waals surface area contributed by atoms with Gasteiger partial charge in [0.2, 0.25) is 11.9 Å². The van der Waals surface area contributed by atoms with E-state index in [0.717, 1.165) is 34.4 Å². The van der Waals surface area contributed by atoms with Crippen molar-refractivity contribution in [2.24, 2.45) is 9.98 Å². The quantitative estimate of drug-likeness (QED) is 0.0442. The van der Waals surface area contributed by atoms with E-state index in [2.05, 4.69) is 53.7 Å². The fourth-order valence-corrected chi connectivity index (χ4v) is 6.37. The molecule has 54 heavy (non-hydrogen) atoms. The summed E-state index contributed by atoms with van der Waals surface area (Å²) in [5, 5.41) is 10.3. The lowest BCUT2D eigenvalue weighted by molar-refractivity contribution is -0.144. The highest BCUT2D eigenvalue weighted by Gasteiger charge is 2.12. The molecule has 0 aliphatic carbocycles. The number of thiophene rings is 2. The summed E-state index contributed by atoms with van der Waals surface area (Å²) in [7, 11) is 0. The Hall–Kier alpha value is -6.64. The van der Waals surface area contributed by atoms with Crippen LogP contribution in [-0.2, 0) is 45.2 Å². The van der Waals surface area contributed by atoms with Gasteiger partial charge in [-0.15, -0.1) is 22.7 Å². The molecule has 0 atom stereocenters. The van der Waals surface area contributed by atoms with E-state index in [1.165, 1.54) is 9.75 Å². The second-order valence-electron chi connectivity index (χ2n) is 11.5. The summed E-state index contributed by atoms with van der Waals surface area (Å²) in [4.78, 5) is 56.4. The highest BCUT2D eigenvalue weighted by Crippen LogP contribution is 2.21. The molecule has 0 aliphatic rings. The molecule has 0 amide bonds. The molecule has 0 radical (unpaired) electrons. The molecule has 4 heterocycles. The Morgan fingerprint density at radius 2 is 1.02 bits per heavy atom. The first-order valence-corrected chi connectivity index (χ1v) is 18.6. The number of hydroxylamine groups is 2. The van der Waals surface area contributed by atoms with Crippen molar-refractivity contribution in [3.63, 3.8) is 0 Å². The lowest BCUT2D eigenvalue weighted by Gasteiger charge is -2.14. The maximum Gasteiger partial charge on any atom is 0.356 e. The van der Waals surface area contributed by atoms with E-state index in [-0.39, 0.29) is 11.9 Å². The number of nitrogens with zero attached hydrogens (tertiary/aromatic N) is 4. The van der Waals surface area contributed by atoms with E-state index in [4.69, 9.17) is 9.68 Å². The Balaban J connectivity index is 1.08. The zero-order valence-electron chi connectivity index (χ0n) is 28.9. The van der Waals surface area contributed by atoms with Crippen LogP contribution in [0.2, 0.25) is 0 Å². The summed E-state index contributed by atoms with van der Waals surface area (Å²) >= 11 is 3.30. The van der Waals surface area contributed by atoms with Crippen molar-refractivity contribution in [2.45, 2.75) is 25.9 Å². The number of carbonyl (C=O) groups excluding carboxylic acids is 2. The number of nitrogens with one attached hydrogen (secondary N) is 4. The van der Waals surface area contributed by atoms with Gasteiger partial charge in [0.25, 0.3) is 0 Å². The van der Waals surface area contributed by atoms with Crippen molar-refractivity contribution in [3.8, 4) is 0 Å². The molecular formula is C40H36N8O4S2. The van der Waals surface area contributed by atoms with Gasteiger partial charge >= 0.3 is 11.9 Å². The van der Waals surface area contributed by atoms with Crippen molar-refractivity contribution < 1.29 is 19.3 Å². The fraction of sp³-hybridized carbons (Fsp3) is 0.100. The predicted octanol–water partition coefficient (Wildman–Crippen LogP) is 7.07. The second-order valence-corrected chi connectivity index (χ2v) is 13.5. The SMILES string of the molecule is O=C(/C=C\C(=O)ONC(=NCc1ccccc1)Nc1ncccc1Cc1cccs1)ONC(=NCc1ccccc1)Nc1ncccc1Cc1cccs1. The molecule has 0 saturated carbocycles. The van der Waals surface area contributed by atoms with Crippen LogP contribution < -0.4 is 21.6 Å². The first-order chi connectivity index (χ1) is 26.6. The summed E-state index contributed by atoms with van der Waals surface area (Å²) in [6.07, 6.45) is 6.51. The molecule has 4 N–H and O–H groups in total. The molecule has 6 aromatic rings. The zero-order valence-corrected chi connectivity index (χ0v) is 30.6. The molecule has 0 unspecified atom stereocenters. The lowest BCUT2D eigenvalue weighted by atomic mass is 10.1. The number of pyridine rings is 2. The van der Waals surface area contributed by atoms with Gasteiger partial charge < -0.3 is 20.3 Å². The van der Waals surface area contributed by atoms with Crippen LogP contribution in [0.4, 0.5) is 11.6 Å². The van der Waals surface area contributed by atoms with E-state index >= 15 is 0 Å². The third-order valence-corrected chi connectivity index (χ3v) is 9.28. The minimum absolute atomic E-state index is 0.147. The van der Waals surface area contributed by atoms with Gasteiger partial charge in [0.05, 0.1) is 13.1 Å². The van der Waals surface area contributed by atoms with Crippen molar-refractivity contribution in [3.05, 3.63) is 177 Å². The van der Waals surface area contributed by atoms with E-state index in [9.17, 15) is 9.59 Å². The zero-order chi connectivity index (χ0) is 37.2. The van der Waals surface area contributed by atoms with Crippen molar-refractivity contribution >= 4 is 58.2 Å². The Morgan fingerprint density at radius 3 is 1.43 bits per heavy atom. The number of hydrogen-bond acceptors (Lipinski definition) is 10. The van der Waals surface area contributed by atoms with Crippen molar-refractivity contribution in [2.75, 3.05) is 10.6 Å². The summed E-state index contributed by atoms with van der Waals surface area (Å²) in [5.74, 6) is -0.348. The summed E-state index contributed by atoms with van der Waals surface area (Å²) < 4.78 is 0. The van der Waals surface area contributed by atoms with Gasteiger partial charge in [-0.3, -0.25) is 0 Å². The van der Waals surface area contributed by atoms with Gasteiger partial charge in [-0.05, 0) is 46.2 Å². The van der Waals surface area contributed by atoms with Crippen LogP contribution in [0.15, 0.2) is 154 Å². The maximum absolute atomic E-state index is 12.7. The Bertz CT molecular complexity index is 2020. The minimum atomic E-state index is -0.871. The number of anilines is 2. The monoisotopic (exact) mass is 756 g/mol. The number of benzene rings is 2. The minimum Gasteiger partial charge on any atom is -0.336 e. The van der Waals surface area contributed by atoms with Crippen LogP contribution >= 0.6 is 22.7 Å². The van der Waals surface area contributed by atoms with Crippen molar-refractivity contribution in [1.82, 2.24) is 20.9 Å². The molecule has 6 rings (SSSR count). The molecule has 4 aromatic heterocycles. The second kappa shape index (κ2) is 19.8. The average Bonchev–Trinajstić information content (AvgIpc) is 3.93. The number of aliphatic imine (C=N–C) groups is 2. The van der Waals surface area contributed by atoms with Gasteiger partial charge in [-0.2, -0.15) is 11.0 Å². The largest absolute Gasteiger partial charge is 0.356 e. The van der Waals surface area contributed by atoms with Gasteiger partial charge in [-0.25, -0.2) is 29.5 Å². The Kier molecular flexibility index (Phi) is 13.6. The molecule has 0 saturated heterocycles. The molecule has 272 valence electrons.